The Morgan fingerprint density at radius 2 is 1.06 bits per heavy atom. The van der Waals surface area contributed by atoms with Crippen LogP contribution in [-0.2, 0) is 0 Å². The molecule has 0 N–H and O–H groups in total. The van der Waals surface area contributed by atoms with Crippen LogP contribution in [0.1, 0.15) is 0 Å². The first-order valence-corrected chi connectivity index (χ1v) is 16.2. The summed E-state index contributed by atoms with van der Waals surface area (Å²) in [5.74, 6) is 0.818. The summed E-state index contributed by atoms with van der Waals surface area (Å²) in [5.41, 5.74) is 10.0. The maximum Gasteiger partial charge on any atom is 0.165 e. The lowest BCUT2D eigenvalue weighted by atomic mass is 10.0. The van der Waals surface area contributed by atoms with Gasteiger partial charge in [-0.2, -0.15) is 0 Å². The minimum Gasteiger partial charge on any atom is -0.292 e. The minimum absolute atomic E-state index is 0.818. The normalized spacial score (nSPS) is 12.2. The van der Waals surface area contributed by atoms with E-state index in [1.807, 2.05) is 30.3 Å². The number of nitrogens with zero attached hydrogens (tertiary/aromatic N) is 5. The van der Waals surface area contributed by atoms with Gasteiger partial charge in [-0.15, -0.1) is 0 Å². The molecule has 4 aromatic heterocycles. The van der Waals surface area contributed by atoms with Gasteiger partial charge in [0.05, 0.1) is 38.6 Å². The fourth-order valence-electron chi connectivity index (χ4n) is 7.76. The van der Waals surface area contributed by atoms with E-state index in [0.717, 1.165) is 72.1 Å². The van der Waals surface area contributed by atoms with Gasteiger partial charge in [-0.05, 0) is 58.6 Å². The predicted octanol–water partition coefficient (Wildman–Crippen LogP) is 10.7. The van der Waals surface area contributed by atoms with Gasteiger partial charge in [-0.3, -0.25) is 8.97 Å². The van der Waals surface area contributed by atoms with Crippen LogP contribution in [0.15, 0.2) is 152 Å². The van der Waals surface area contributed by atoms with Gasteiger partial charge < -0.3 is 0 Å². The first-order chi connectivity index (χ1) is 23.8. The Morgan fingerprint density at radius 1 is 0.396 bits per heavy atom. The quantitative estimate of drug-likeness (QED) is 0.183. The Kier molecular flexibility index (Phi) is 5.05. The second-order valence-electron chi connectivity index (χ2n) is 12.5. The van der Waals surface area contributed by atoms with E-state index >= 15 is 0 Å². The number of hydrogen-bond donors (Lipinski definition) is 0. The van der Waals surface area contributed by atoms with Crippen molar-refractivity contribution in [1.29, 1.82) is 0 Å². The van der Waals surface area contributed by atoms with Crippen LogP contribution in [0.25, 0.3) is 99.0 Å². The molecule has 222 valence electrons. The maximum absolute atomic E-state index is 5.31. The molecule has 0 aliphatic carbocycles. The summed E-state index contributed by atoms with van der Waals surface area (Å²) in [6.07, 6.45) is 0. The van der Waals surface area contributed by atoms with E-state index in [1.54, 1.807) is 0 Å². The third-order valence-corrected chi connectivity index (χ3v) is 9.84. The Balaban J connectivity index is 1.30. The summed E-state index contributed by atoms with van der Waals surface area (Å²) in [7, 11) is 0. The third-order valence-electron chi connectivity index (χ3n) is 9.84. The highest BCUT2D eigenvalue weighted by Crippen LogP contribution is 2.41. The van der Waals surface area contributed by atoms with E-state index in [0.29, 0.717) is 0 Å². The van der Waals surface area contributed by atoms with Crippen LogP contribution in [0, 0.1) is 0 Å². The molecule has 11 aromatic rings. The molecule has 0 amide bonds. The van der Waals surface area contributed by atoms with E-state index < -0.39 is 0 Å². The number of benzene rings is 7. The lowest BCUT2D eigenvalue weighted by Crippen LogP contribution is -2.03. The fourth-order valence-corrected chi connectivity index (χ4v) is 7.76. The summed E-state index contributed by atoms with van der Waals surface area (Å²) < 4.78 is 4.64. The van der Waals surface area contributed by atoms with Crippen LogP contribution in [0.4, 0.5) is 0 Å². The second-order valence-corrected chi connectivity index (χ2v) is 12.5. The second kappa shape index (κ2) is 9.47. The molecule has 0 aliphatic heterocycles. The molecule has 0 fully saturated rings. The molecule has 4 heterocycles. The molecule has 0 atom stereocenters. The number of fused-ring (bicyclic) bond motifs is 14. The average Bonchev–Trinajstić information content (AvgIpc) is 3.70. The van der Waals surface area contributed by atoms with Crippen molar-refractivity contribution in [3.8, 4) is 17.1 Å². The molecule has 5 heteroatoms. The average molecular weight is 612 g/mol. The van der Waals surface area contributed by atoms with Crippen molar-refractivity contribution >= 4 is 82.0 Å². The Hall–Kier alpha value is -6.59. The van der Waals surface area contributed by atoms with Crippen LogP contribution < -0.4 is 0 Å². The van der Waals surface area contributed by atoms with Crippen molar-refractivity contribution in [1.82, 2.24) is 23.9 Å². The number of para-hydroxylation sites is 4. The molecule has 0 unspecified atom stereocenters. The van der Waals surface area contributed by atoms with Gasteiger partial charge >= 0.3 is 0 Å². The molecule has 0 saturated heterocycles. The Bertz CT molecular complexity index is 3120. The van der Waals surface area contributed by atoms with Crippen LogP contribution in [0.5, 0.6) is 0 Å². The van der Waals surface area contributed by atoms with Crippen molar-refractivity contribution in [3.63, 3.8) is 0 Å². The number of pyridine rings is 1. The Morgan fingerprint density at radius 3 is 1.90 bits per heavy atom. The lowest BCUT2D eigenvalue weighted by Gasteiger charge is -2.14. The van der Waals surface area contributed by atoms with Crippen molar-refractivity contribution in [2.45, 2.75) is 0 Å². The molecular weight excluding hydrogens is 587 g/mol. The van der Waals surface area contributed by atoms with E-state index in [-0.39, 0.29) is 0 Å². The van der Waals surface area contributed by atoms with Crippen molar-refractivity contribution in [3.05, 3.63) is 152 Å². The van der Waals surface area contributed by atoms with Crippen molar-refractivity contribution in [2.75, 3.05) is 0 Å². The highest BCUT2D eigenvalue weighted by atomic mass is 15.1. The van der Waals surface area contributed by atoms with E-state index in [9.17, 15) is 0 Å². The van der Waals surface area contributed by atoms with Crippen LogP contribution in [0.3, 0.4) is 0 Å². The molecule has 11 rings (SSSR count). The summed E-state index contributed by atoms with van der Waals surface area (Å²) >= 11 is 0. The summed E-state index contributed by atoms with van der Waals surface area (Å²) in [5, 5.41) is 8.30. The predicted molar refractivity (Wildman–Crippen MR) is 198 cm³/mol. The summed E-state index contributed by atoms with van der Waals surface area (Å²) in [6, 6.07) is 53.4. The molecule has 48 heavy (non-hydrogen) atoms. The largest absolute Gasteiger partial charge is 0.292 e. The standard InChI is InChI=1S/C43H25N5/c1-2-12-26(13-3-1)41-43(45-34-19-9-8-18-33(34)44-41)47-37-21-11-7-17-31(37)40-32-25-39-35(24-27(32)22-23-38(40)47)46-42-30-16-5-4-14-28(30)29-15-6-10-20-36(29)48(39)42/h1-25H. The molecular formula is C43H25N5. The maximum atomic E-state index is 5.31. The molecule has 0 bridgehead atoms. The third kappa shape index (κ3) is 3.42. The van der Waals surface area contributed by atoms with Gasteiger partial charge in [-0.1, -0.05) is 109 Å². The number of aromatic nitrogens is 5. The molecule has 0 radical (unpaired) electrons. The molecule has 0 saturated carbocycles. The SMILES string of the molecule is c1ccc(-c2nc3ccccc3nc2-n2c3ccccc3c3c4cc5c(cc4ccc32)nc2c3ccccc3c3ccccc3n52)cc1. The first kappa shape index (κ1) is 25.6. The molecule has 0 aliphatic rings. The molecule has 5 nitrogen and oxygen atoms in total. The number of imidazole rings is 1. The zero-order chi connectivity index (χ0) is 31.3. The topological polar surface area (TPSA) is 48.0 Å². The smallest absolute Gasteiger partial charge is 0.165 e. The zero-order valence-electron chi connectivity index (χ0n) is 25.7. The first-order valence-electron chi connectivity index (χ1n) is 16.2. The van der Waals surface area contributed by atoms with E-state index in [2.05, 4.69) is 130 Å². The van der Waals surface area contributed by atoms with Gasteiger partial charge in [0.25, 0.3) is 0 Å². The zero-order valence-corrected chi connectivity index (χ0v) is 25.7. The van der Waals surface area contributed by atoms with E-state index in [1.165, 1.54) is 26.9 Å². The van der Waals surface area contributed by atoms with Crippen LogP contribution >= 0.6 is 0 Å². The lowest BCUT2D eigenvalue weighted by molar-refractivity contribution is 1.08. The van der Waals surface area contributed by atoms with E-state index in [4.69, 9.17) is 15.0 Å². The molecule has 7 aromatic carbocycles. The number of rotatable bonds is 2. The van der Waals surface area contributed by atoms with Crippen LogP contribution in [-0.4, -0.2) is 23.9 Å². The highest BCUT2D eigenvalue weighted by Gasteiger charge is 2.21. The Labute approximate surface area is 274 Å². The van der Waals surface area contributed by atoms with Crippen LogP contribution in [0.2, 0.25) is 0 Å². The summed E-state index contributed by atoms with van der Waals surface area (Å²) in [4.78, 5) is 15.8. The summed E-state index contributed by atoms with van der Waals surface area (Å²) in [6.45, 7) is 0. The number of hydrogen-bond acceptors (Lipinski definition) is 3. The van der Waals surface area contributed by atoms with Gasteiger partial charge in [0.15, 0.2) is 5.82 Å². The molecule has 0 spiro atoms. The fraction of sp³-hybridized carbons (Fsp3) is 0. The van der Waals surface area contributed by atoms with Gasteiger partial charge in [0.1, 0.15) is 11.3 Å². The van der Waals surface area contributed by atoms with Gasteiger partial charge in [-0.25, -0.2) is 15.0 Å². The monoisotopic (exact) mass is 611 g/mol. The highest BCUT2D eigenvalue weighted by molar-refractivity contribution is 6.23. The van der Waals surface area contributed by atoms with Crippen molar-refractivity contribution in [2.24, 2.45) is 0 Å². The van der Waals surface area contributed by atoms with Gasteiger partial charge in [0.2, 0.25) is 0 Å². The van der Waals surface area contributed by atoms with Gasteiger partial charge in [0, 0.05) is 27.1 Å². The minimum atomic E-state index is 0.818. The van der Waals surface area contributed by atoms with Crippen molar-refractivity contribution < 1.29 is 0 Å².